The number of nitrogens with one attached hydrogen (secondary N) is 1. The highest BCUT2D eigenvalue weighted by atomic mass is 31.2. The first-order chi connectivity index (χ1) is 8.61. The van der Waals surface area contributed by atoms with Crippen LogP contribution in [0.1, 0.15) is 6.92 Å². The van der Waals surface area contributed by atoms with Crippen LogP contribution in [0, 0.1) is 0 Å². The highest BCUT2D eigenvalue weighted by Gasteiger charge is 2.44. The fraction of sp³-hybridized carbons (Fsp3) is 0.875. The molecule has 0 spiro atoms. The Bertz CT molecular complexity index is 371. The number of rotatable bonds is 4. The molecule has 0 aromatic heterocycles. The first kappa shape index (κ1) is 16.5. The Kier molecular flexibility index (Phi) is 5.42. The van der Waals surface area contributed by atoms with E-state index in [0.717, 1.165) is 6.92 Å². The molecule has 1 amide bonds. The fourth-order valence-corrected chi connectivity index (χ4v) is 1.97. The maximum absolute atomic E-state index is 10.8. The lowest BCUT2D eigenvalue weighted by Crippen LogP contribution is -2.64. The molecular formula is C8H14NO9P-2. The number of phosphoric ester groups is 1. The molecule has 0 aromatic carbocycles. The molecule has 0 saturated carbocycles. The van der Waals surface area contributed by atoms with E-state index in [9.17, 15) is 34.5 Å². The van der Waals surface area contributed by atoms with Gasteiger partial charge in [0, 0.05) is 6.92 Å². The highest BCUT2D eigenvalue weighted by molar-refractivity contribution is 7.43. The SMILES string of the molecule is CC(=O)NC1C(O)[C@H](O)C(COP(=O)([O-])[O-])O[C@H]1O. The Morgan fingerprint density at radius 2 is 1.95 bits per heavy atom. The average Bonchev–Trinajstić information content (AvgIpc) is 2.26. The second-order valence-electron chi connectivity index (χ2n) is 4.02. The minimum absolute atomic E-state index is 0.572. The fourth-order valence-electron chi connectivity index (χ4n) is 1.64. The van der Waals surface area contributed by atoms with Crippen LogP contribution in [-0.4, -0.2) is 58.5 Å². The maximum Gasteiger partial charge on any atom is 0.217 e. The first-order valence-corrected chi connectivity index (χ1v) is 6.71. The van der Waals surface area contributed by atoms with Crippen LogP contribution in [0.4, 0.5) is 0 Å². The Hall–Kier alpha value is -0.580. The molecule has 1 aliphatic rings. The number of hydrogen-bond donors (Lipinski definition) is 4. The molecular weight excluding hydrogens is 285 g/mol. The van der Waals surface area contributed by atoms with Gasteiger partial charge < -0.3 is 44.2 Å². The summed E-state index contributed by atoms with van der Waals surface area (Å²) in [6.07, 6.45) is -6.37. The summed E-state index contributed by atoms with van der Waals surface area (Å²) in [4.78, 5) is 31.4. The van der Waals surface area contributed by atoms with Crippen LogP contribution in [0.3, 0.4) is 0 Å². The summed E-state index contributed by atoms with van der Waals surface area (Å²) in [6, 6.07) is -1.28. The van der Waals surface area contributed by atoms with Gasteiger partial charge in [0.25, 0.3) is 0 Å². The lowest BCUT2D eigenvalue weighted by atomic mass is 9.97. The molecule has 1 heterocycles. The third-order valence-electron chi connectivity index (χ3n) is 2.49. The quantitative estimate of drug-likeness (QED) is 0.375. The molecule has 3 unspecified atom stereocenters. The number of aliphatic hydroxyl groups is 3. The van der Waals surface area contributed by atoms with Crippen LogP contribution >= 0.6 is 7.82 Å². The Labute approximate surface area is 108 Å². The van der Waals surface area contributed by atoms with Gasteiger partial charge >= 0.3 is 0 Å². The van der Waals surface area contributed by atoms with Crippen LogP contribution in [0.2, 0.25) is 0 Å². The zero-order valence-corrected chi connectivity index (χ0v) is 10.7. The molecule has 1 fully saturated rings. The molecule has 4 N–H and O–H groups in total. The monoisotopic (exact) mass is 299 g/mol. The summed E-state index contributed by atoms with van der Waals surface area (Å²) >= 11 is 0. The van der Waals surface area contributed by atoms with Crippen LogP contribution < -0.4 is 15.1 Å². The molecule has 5 atom stereocenters. The van der Waals surface area contributed by atoms with Crippen molar-refractivity contribution in [3.8, 4) is 0 Å². The van der Waals surface area contributed by atoms with Gasteiger partial charge in [-0.15, -0.1) is 0 Å². The lowest BCUT2D eigenvalue weighted by Gasteiger charge is -2.41. The van der Waals surface area contributed by atoms with E-state index >= 15 is 0 Å². The van der Waals surface area contributed by atoms with Crippen molar-refractivity contribution in [2.75, 3.05) is 6.61 Å². The van der Waals surface area contributed by atoms with Crippen molar-refractivity contribution in [1.29, 1.82) is 0 Å². The lowest BCUT2D eigenvalue weighted by molar-refractivity contribution is -0.345. The van der Waals surface area contributed by atoms with E-state index in [1.807, 2.05) is 0 Å². The van der Waals surface area contributed by atoms with Gasteiger partial charge in [-0.05, 0) is 0 Å². The van der Waals surface area contributed by atoms with Crippen molar-refractivity contribution in [3.05, 3.63) is 0 Å². The third-order valence-corrected chi connectivity index (χ3v) is 2.95. The second kappa shape index (κ2) is 6.25. The van der Waals surface area contributed by atoms with Gasteiger partial charge in [-0.1, -0.05) is 0 Å². The van der Waals surface area contributed by atoms with E-state index in [-0.39, 0.29) is 0 Å². The zero-order valence-electron chi connectivity index (χ0n) is 9.83. The van der Waals surface area contributed by atoms with Crippen molar-refractivity contribution >= 4 is 13.7 Å². The smallest absolute Gasteiger partial charge is 0.217 e. The minimum atomic E-state index is -5.26. The molecule has 11 heteroatoms. The van der Waals surface area contributed by atoms with Gasteiger partial charge in [0.1, 0.15) is 24.4 Å². The van der Waals surface area contributed by atoms with E-state index in [0.29, 0.717) is 0 Å². The number of aliphatic hydroxyl groups excluding tert-OH is 3. The number of carbonyl (C=O) groups excluding carboxylic acids is 1. The van der Waals surface area contributed by atoms with E-state index in [1.165, 1.54) is 0 Å². The van der Waals surface area contributed by atoms with Crippen molar-refractivity contribution in [2.45, 2.75) is 37.6 Å². The molecule has 112 valence electrons. The van der Waals surface area contributed by atoms with Gasteiger partial charge in [-0.3, -0.25) is 4.79 Å². The van der Waals surface area contributed by atoms with Crippen molar-refractivity contribution in [2.24, 2.45) is 0 Å². The summed E-state index contributed by atoms with van der Waals surface area (Å²) in [5.74, 6) is -0.572. The molecule has 1 rings (SSSR count). The molecule has 1 saturated heterocycles. The van der Waals surface area contributed by atoms with Crippen LogP contribution in [0.25, 0.3) is 0 Å². The van der Waals surface area contributed by atoms with Crippen molar-refractivity contribution in [1.82, 2.24) is 5.32 Å². The van der Waals surface area contributed by atoms with E-state index in [2.05, 4.69) is 9.84 Å². The summed E-state index contributed by atoms with van der Waals surface area (Å²) in [7, 11) is -5.26. The van der Waals surface area contributed by atoms with E-state index in [1.54, 1.807) is 0 Å². The standard InChI is InChI=1S/C8H16NO9P/c1-3(10)9-5-7(12)6(11)4(18-8(5)13)2-17-19(14,15)16/h4-8,11-13H,2H2,1H3,(H,9,10)(H2,14,15,16)/p-2/t4?,5?,6-,7?,8-/m1/s1. The molecule has 19 heavy (non-hydrogen) atoms. The van der Waals surface area contributed by atoms with Gasteiger partial charge in [-0.2, -0.15) is 0 Å². The number of phosphoric acid groups is 1. The van der Waals surface area contributed by atoms with Gasteiger partial charge in [-0.25, -0.2) is 0 Å². The van der Waals surface area contributed by atoms with Crippen LogP contribution in [0.5, 0.6) is 0 Å². The van der Waals surface area contributed by atoms with E-state index in [4.69, 9.17) is 4.74 Å². The average molecular weight is 299 g/mol. The predicted octanol–water partition coefficient (Wildman–Crippen LogP) is -4.22. The maximum atomic E-state index is 10.8. The van der Waals surface area contributed by atoms with Gasteiger partial charge in [0.2, 0.25) is 5.91 Å². The van der Waals surface area contributed by atoms with Gasteiger partial charge in [0.05, 0.1) is 14.4 Å². The van der Waals surface area contributed by atoms with Gasteiger partial charge in [0.15, 0.2) is 6.29 Å². The van der Waals surface area contributed by atoms with Crippen molar-refractivity contribution in [3.63, 3.8) is 0 Å². The molecule has 0 bridgehead atoms. The number of ether oxygens (including phenoxy) is 1. The topological polar surface area (TPSA) is 171 Å². The molecule has 0 radical (unpaired) electrons. The summed E-state index contributed by atoms with van der Waals surface area (Å²) < 4.78 is 19.0. The molecule has 0 aromatic rings. The zero-order chi connectivity index (χ0) is 14.8. The Morgan fingerprint density at radius 1 is 1.37 bits per heavy atom. The predicted molar refractivity (Wildman–Crippen MR) is 54.1 cm³/mol. The summed E-state index contributed by atoms with van der Waals surface area (Å²) in [5.41, 5.74) is 0. The van der Waals surface area contributed by atoms with Crippen molar-refractivity contribution < 1.29 is 43.7 Å². The van der Waals surface area contributed by atoms with E-state index < -0.39 is 51.0 Å². The van der Waals surface area contributed by atoms with Crippen LogP contribution in [0.15, 0.2) is 0 Å². The Morgan fingerprint density at radius 3 is 2.42 bits per heavy atom. The molecule has 10 nitrogen and oxygen atoms in total. The summed E-state index contributed by atoms with van der Waals surface area (Å²) in [6.45, 7) is 0.276. The minimum Gasteiger partial charge on any atom is -0.790 e. The highest BCUT2D eigenvalue weighted by Crippen LogP contribution is 2.28. The van der Waals surface area contributed by atoms with Crippen LogP contribution in [-0.2, 0) is 18.6 Å². The molecule has 0 aliphatic carbocycles. The third kappa shape index (κ3) is 4.79. The first-order valence-electron chi connectivity index (χ1n) is 5.25. The summed E-state index contributed by atoms with van der Waals surface area (Å²) in [5, 5.41) is 31.0. The number of carbonyl (C=O) groups is 1. The molecule has 1 aliphatic heterocycles. The normalized spacial score (nSPS) is 36.0. The number of amides is 1. The Balaban J connectivity index is 2.66. The largest absolute Gasteiger partial charge is 0.790 e. The number of hydrogen-bond acceptors (Lipinski definition) is 9. The second-order valence-corrected chi connectivity index (χ2v) is 5.17.